The number of para-hydroxylation sites is 2. The smallest absolute Gasteiger partial charge is 0.126 e. The summed E-state index contributed by atoms with van der Waals surface area (Å²) in [5.74, 6) is 3.67. The monoisotopic (exact) mass is 1390 g/mol. The van der Waals surface area contributed by atoms with Crippen molar-refractivity contribution < 1.29 is 18.9 Å². The molecule has 510 valence electrons. The summed E-state index contributed by atoms with van der Waals surface area (Å²) in [4.78, 5) is 0. The molecule has 0 saturated heterocycles. The zero-order valence-electron chi connectivity index (χ0n) is 58.8. The molecule has 0 N–H and O–H groups in total. The van der Waals surface area contributed by atoms with Crippen LogP contribution >= 0.6 is 15.8 Å². The molecule has 0 radical (unpaired) electrons. The van der Waals surface area contributed by atoms with Crippen molar-refractivity contribution in [2.75, 3.05) is 13.2 Å². The summed E-state index contributed by atoms with van der Waals surface area (Å²) in [6.45, 7) is 2.04. The Morgan fingerprint density at radius 2 is 0.500 bits per heavy atom. The zero-order valence-corrected chi connectivity index (χ0v) is 60.5. The second kappa shape index (κ2) is 32.6. The Hall–Kier alpha value is -10.9. The quantitative estimate of drug-likeness (QED) is 0.0803. The number of fused-ring (bicyclic) bond motifs is 7. The average Bonchev–Trinajstić information content (AvgIpc) is 0.982. The van der Waals surface area contributed by atoms with Crippen LogP contribution in [-0.4, -0.2) is 13.2 Å². The van der Waals surface area contributed by atoms with Crippen molar-refractivity contribution in [1.29, 1.82) is 0 Å². The molecule has 104 heavy (non-hydrogen) atoms. The first-order valence-electron chi connectivity index (χ1n) is 36.8. The molecule has 0 spiro atoms. The minimum absolute atomic E-state index is 0.424. The highest BCUT2D eigenvalue weighted by molar-refractivity contribution is 7.80. The molecule has 1 aliphatic carbocycles. The third kappa shape index (κ3) is 16.1. The van der Waals surface area contributed by atoms with Crippen LogP contribution in [0.3, 0.4) is 0 Å². The van der Waals surface area contributed by atoms with Gasteiger partial charge in [-0.05, 0) is 211 Å². The molecule has 10 bridgehead atoms. The van der Waals surface area contributed by atoms with Gasteiger partial charge in [0.05, 0.1) is 13.2 Å². The molecule has 0 fully saturated rings. The van der Waals surface area contributed by atoms with E-state index in [4.69, 9.17) is 18.9 Å². The maximum atomic E-state index is 7.30. The highest BCUT2D eigenvalue weighted by Gasteiger charge is 2.26. The van der Waals surface area contributed by atoms with Crippen molar-refractivity contribution in [2.45, 2.75) is 77.4 Å². The standard InChI is InChI=1S/C98H84O4P2/c1-2-22-58-100-98-87-63-81-31-23-29-79(95(81)101-69-75-25-9-3-10-26-75)61-85-65-83(77-49-41-71(42-50-77)59-73-45-53-93(54-46-73)103(89-33-13-5-14-34-89)90-35-15-6-16-36-90)66-86(97(85)99-57-21-1)62-80-30-24-32-82(96(80)102-70-76-27-11-4-12-28-76)64-88(98)68-84(67-87)78-51-43-72(44-52-78)60-74-47-55-94(56-48-74)104(91-37-17-7-18-38-91)92-39-19-8-20-40-92/h3-20,23-56,65-68H,1-2,21-22,57-64,69-70H2. The van der Waals surface area contributed by atoms with Gasteiger partial charge in [0.2, 0.25) is 0 Å². The van der Waals surface area contributed by atoms with Crippen molar-refractivity contribution in [3.8, 4) is 45.3 Å². The minimum atomic E-state index is -0.686. The van der Waals surface area contributed by atoms with Crippen LogP contribution in [0.5, 0.6) is 23.0 Å². The first-order valence-corrected chi connectivity index (χ1v) is 39.5. The summed E-state index contributed by atoms with van der Waals surface area (Å²) in [5.41, 5.74) is 20.9. The Balaban J connectivity index is 0.780. The van der Waals surface area contributed by atoms with Gasteiger partial charge in [0.25, 0.3) is 0 Å². The lowest BCUT2D eigenvalue weighted by molar-refractivity contribution is 0.283. The molecular formula is C98H84O4P2. The summed E-state index contributed by atoms with van der Waals surface area (Å²) in [5, 5.41) is 8.12. The first-order chi connectivity index (χ1) is 51.5. The molecule has 0 amide bonds. The fraction of sp³-hybridized carbons (Fsp3) is 0.143. The molecule has 14 aromatic rings. The van der Waals surface area contributed by atoms with Crippen molar-refractivity contribution in [3.05, 3.63) is 418 Å². The molecule has 0 aromatic heterocycles. The largest absolute Gasteiger partial charge is 0.493 e. The summed E-state index contributed by atoms with van der Waals surface area (Å²) in [6, 6.07) is 125. The van der Waals surface area contributed by atoms with Crippen molar-refractivity contribution in [2.24, 2.45) is 0 Å². The number of hydrogen-bond donors (Lipinski definition) is 0. The molecule has 2 aliphatic heterocycles. The van der Waals surface area contributed by atoms with E-state index in [0.29, 0.717) is 52.1 Å². The Kier molecular flexibility index (Phi) is 21.2. The molecule has 4 nitrogen and oxygen atoms in total. The van der Waals surface area contributed by atoms with E-state index in [1.165, 1.54) is 54.1 Å². The van der Waals surface area contributed by atoms with Crippen LogP contribution in [0.15, 0.2) is 340 Å². The van der Waals surface area contributed by atoms with Crippen LogP contribution in [0.25, 0.3) is 22.3 Å². The van der Waals surface area contributed by atoms with E-state index in [0.717, 1.165) is 139 Å². The Morgan fingerprint density at radius 3 is 0.798 bits per heavy atom. The number of hydrogen-bond acceptors (Lipinski definition) is 4. The maximum Gasteiger partial charge on any atom is 0.126 e. The van der Waals surface area contributed by atoms with Crippen LogP contribution in [0.4, 0.5) is 0 Å². The summed E-state index contributed by atoms with van der Waals surface area (Å²) in [7, 11) is -1.37. The van der Waals surface area contributed by atoms with E-state index in [1.54, 1.807) is 0 Å². The van der Waals surface area contributed by atoms with Crippen molar-refractivity contribution in [3.63, 3.8) is 0 Å². The van der Waals surface area contributed by atoms with Gasteiger partial charge in [-0.2, -0.15) is 0 Å². The van der Waals surface area contributed by atoms with Crippen molar-refractivity contribution >= 4 is 47.7 Å². The average molecular weight is 1390 g/mol. The predicted molar refractivity (Wildman–Crippen MR) is 435 cm³/mol. The van der Waals surface area contributed by atoms with Crippen LogP contribution in [-0.2, 0) is 51.7 Å². The van der Waals surface area contributed by atoms with Gasteiger partial charge in [-0.3, -0.25) is 0 Å². The lowest BCUT2D eigenvalue weighted by atomic mass is 9.88. The fourth-order valence-electron chi connectivity index (χ4n) is 15.0. The topological polar surface area (TPSA) is 36.9 Å². The Morgan fingerprint density at radius 1 is 0.231 bits per heavy atom. The summed E-state index contributed by atoms with van der Waals surface area (Å²) < 4.78 is 29.2. The lowest BCUT2D eigenvalue weighted by Gasteiger charge is -2.24. The molecule has 0 saturated carbocycles. The van der Waals surface area contributed by atoms with Gasteiger partial charge in [0.1, 0.15) is 36.2 Å². The highest BCUT2D eigenvalue weighted by atomic mass is 31.1. The third-order valence-electron chi connectivity index (χ3n) is 20.2. The third-order valence-corrected chi connectivity index (χ3v) is 25.1. The maximum absolute atomic E-state index is 7.30. The zero-order chi connectivity index (χ0) is 69.6. The van der Waals surface area contributed by atoms with Crippen LogP contribution in [0, 0.1) is 0 Å². The number of rotatable bonds is 18. The van der Waals surface area contributed by atoms with E-state index in [9.17, 15) is 0 Å². The Bertz CT molecular complexity index is 4650. The summed E-state index contributed by atoms with van der Waals surface area (Å²) in [6.07, 6.45) is 7.93. The van der Waals surface area contributed by atoms with E-state index in [1.807, 2.05) is 0 Å². The van der Waals surface area contributed by atoms with Gasteiger partial charge in [0.15, 0.2) is 0 Å². The van der Waals surface area contributed by atoms with E-state index in [-0.39, 0.29) is 0 Å². The molecule has 0 unspecified atom stereocenters. The van der Waals surface area contributed by atoms with Gasteiger partial charge >= 0.3 is 0 Å². The fourth-order valence-corrected chi connectivity index (χ4v) is 19.5. The molecule has 2 heterocycles. The van der Waals surface area contributed by atoms with Gasteiger partial charge < -0.3 is 18.9 Å². The van der Waals surface area contributed by atoms with Gasteiger partial charge in [0, 0.05) is 25.7 Å². The highest BCUT2D eigenvalue weighted by Crippen LogP contribution is 2.44. The SMILES string of the molecule is c1ccc(COc2c3cccc2Cc2cc(-c4ccc(Cc5ccc(P(c6ccccc6)c6ccccc6)cc5)cc4)cc4c2OCCCCCCOc2c(cc(-c5ccc(Cc6ccc(P(c7ccccc7)c7ccccc7)cc6)cc5)cc2Cc2cccc(c2OCc2ccccc2)C4)C3)cc1. The molecule has 17 rings (SSSR count). The number of benzene rings is 14. The lowest BCUT2D eigenvalue weighted by Crippen LogP contribution is -2.20. The first kappa shape index (κ1) is 67.6. The predicted octanol–water partition coefficient (Wildman–Crippen LogP) is 20.9. The Labute approximate surface area is 616 Å². The van der Waals surface area contributed by atoms with E-state index in [2.05, 4.69) is 340 Å². The second-order valence-corrected chi connectivity index (χ2v) is 32.0. The van der Waals surface area contributed by atoms with Crippen molar-refractivity contribution in [1.82, 2.24) is 0 Å². The van der Waals surface area contributed by atoms with Crippen LogP contribution < -0.4 is 50.8 Å². The number of ether oxygens (including phenoxy) is 4. The van der Waals surface area contributed by atoms with Gasteiger partial charge in [-0.15, -0.1) is 0 Å². The molecule has 14 aromatic carbocycles. The van der Waals surface area contributed by atoms with Crippen LogP contribution in [0.2, 0.25) is 0 Å². The summed E-state index contributed by atoms with van der Waals surface area (Å²) >= 11 is 0. The minimum Gasteiger partial charge on any atom is -0.493 e. The molecule has 3 aliphatic rings. The van der Waals surface area contributed by atoms with E-state index < -0.39 is 15.8 Å². The van der Waals surface area contributed by atoms with E-state index >= 15 is 0 Å². The normalized spacial score (nSPS) is 12.9. The van der Waals surface area contributed by atoms with Gasteiger partial charge in [-0.1, -0.05) is 315 Å². The van der Waals surface area contributed by atoms with Gasteiger partial charge in [-0.25, -0.2) is 0 Å². The molecule has 0 atom stereocenters. The molecule has 6 heteroatoms. The van der Waals surface area contributed by atoms with Crippen LogP contribution in [0.1, 0.15) is 104 Å². The second-order valence-electron chi connectivity index (χ2n) is 27.5. The molecular weight excluding hydrogens is 1300 g/mol.